The number of para-hydroxylation sites is 1. The number of anilines is 4. The molecule has 0 aliphatic heterocycles. The molecule has 0 radical (unpaired) electrons. The maximum Gasteiger partial charge on any atom is 0.418 e. The first-order chi connectivity index (χ1) is 11.9. The van der Waals surface area contributed by atoms with Gasteiger partial charge in [-0.1, -0.05) is 23.7 Å². The third kappa shape index (κ3) is 4.39. The van der Waals surface area contributed by atoms with Gasteiger partial charge < -0.3 is 10.6 Å². The average Bonchev–Trinajstić information content (AvgIpc) is 2.57. The van der Waals surface area contributed by atoms with Gasteiger partial charge in [0.25, 0.3) is 0 Å². The average molecular weight is 365 g/mol. The molecule has 3 aromatic rings. The fourth-order valence-corrected chi connectivity index (χ4v) is 2.26. The summed E-state index contributed by atoms with van der Waals surface area (Å²) >= 11 is 5.83. The van der Waals surface area contributed by atoms with Crippen molar-refractivity contribution < 1.29 is 13.2 Å². The minimum absolute atomic E-state index is 0.0515. The summed E-state index contributed by atoms with van der Waals surface area (Å²) in [5, 5.41) is 6.24. The van der Waals surface area contributed by atoms with Crippen molar-refractivity contribution in [2.45, 2.75) is 6.18 Å². The van der Waals surface area contributed by atoms with Gasteiger partial charge in [0.2, 0.25) is 5.95 Å². The highest BCUT2D eigenvalue weighted by molar-refractivity contribution is 6.30. The highest BCUT2D eigenvalue weighted by Crippen LogP contribution is 2.35. The van der Waals surface area contributed by atoms with E-state index in [2.05, 4.69) is 20.6 Å². The largest absolute Gasteiger partial charge is 0.418 e. The second kappa shape index (κ2) is 6.98. The van der Waals surface area contributed by atoms with Crippen LogP contribution in [0.1, 0.15) is 5.56 Å². The Morgan fingerprint density at radius 3 is 2.32 bits per heavy atom. The highest BCUT2D eigenvalue weighted by atomic mass is 35.5. The lowest BCUT2D eigenvalue weighted by atomic mass is 10.1. The predicted molar refractivity (Wildman–Crippen MR) is 91.5 cm³/mol. The number of benzene rings is 2. The second-order valence-electron chi connectivity index (χ2n) is 5.07. The molecular weight excluding hydrogens is 353 g/mol. The summed E-state index contributed by atoms with van der Waals surface area (Å²) in [5.74, 6) is 0.486. The van der Waals surface area contributed by atoms with Crippen molar-refractivity contribution in [1.82, 2.24) is 9.97 Å². The number of halogens is 4. The molecule has 1 heterocycles. The Kier molecular flexibility index (Phi) is 4.76. The topological polar surface area (TPSA) is 49.8 Å². The number of hydrogen-bond donors (Lipinski definition) is 2. The van der Waals surface area contributed by atoms with E-state index in [1.807, 2.05) is 0 Å². The van der Waals surface area contributed by atoms with E-state index in [-0.39, 0.29) is 11.6 Å². The Morgan fingerprint density at radius 2 is 1.60 bits per heavy atom. The predicted octanol–water partition coefficient (Wildman–Crippen LogP) is 5.64. The van der Waals surface area contributed by atoms with Gasteiger partial charge in [-0.15, -0.1) is 0 Å². The molecule has 128 valence electrons. The third-order valence-corrected chi connectivity index (χ3v) is 3.50. The van der Waals surface area contributed by atoms with Crippen LogP contribution in [-0.2, 0) is 6.18 Å². The molecule has 1 aromatic heterocycles. The van der Waals surface area contributed by atoms with Crippen LogP contribution < -0.4 is 10.6 Å². The SMILES string of the molecule is FC(F)(F)c1ccccc1Nc1nccc(Nc2ccc(Cl)cc2)n1. The Hall–Kier alpha value is -2.80. The van der Waals surface area contributed by atoms with Crippen molar-refractivity contribution in [3.05, 3.63) is 71.4 Å². The second-order valence-corrected chi connectivity index (χ2v) is 5.50. The number of nitrogens with zero attached hydrogens (tertiary/aromatic N) is 2. The van der Waals surface area contributed by atoms with Gasteiger partial charge in [0.15, 0.2) is 0 Å². The van der Waals surface area contributed by atoms with E-state index in [0.29, 0.717) is 10.8 Å². The molecule has 0 atom stereocenters. The molecule has 0 saturated carbocycles. The lowest BCUT2D eigenvalue weighted by Gasteiger charge is -2.14. The fraction of sp³-hybridized carbons (Fsp3) is 0.0588. The Balaban J connectivity index is 1.82. The maximum atomic E-state index is 13.0. The molecule has 0 spiro atoms. The number of alkyl halides is 3. The van der Waals surface area contributed by atoms with E-state index in [1.165, 1.54) is 24.4 Å². The normalized spacial score (nSPS) is 11.2. The standard InChI is InChI=1S/C17H12ClF3N4/c18-11-5-7-12(8-6-11)23-15-9-10-22-16(25-15)24-14-4-2-1-3-13(14)17(19,20)21/h1-10H,(H2,22,23,24,25). The minimum atomic E-state index is -4.47. The third-order valence-electron chi connectivity index (χ3n) is 3.25. The molecule has 2 N–H and O–H groups in total. The molecule has 0 aliphatic rings. The van der Waals surface area contributed by atoms with E-state index in [1.54, 1.807) is 30.3 Å². The van der Waals surface area contributed by atoms with Gasteiger partial charge in [-0.3, -0.25) is 0 Å². The molecule has 8 heteroatoms. The fourth-order valence-electron chi connectivity index (χ4n) is 2.13. The summed E-state index contributed by atoms with van der Waals surface area (Å²) in [6.45, 7) is 0. The van der Waals surface area contributed by atoms with E-state index < -0.39 is 11.7 Å². The molecule has 0 unspecified atom stereocenters. The van der Waals surface area contributed by atoms with Gasteiger partial charge in [0.1, 0.15) is 5.82 Å². The van der Waals surface area contributed by atoms with Gasteiger partial charge in [0, 0.05) is 16.9 Å². The van der Waals surface area contributed by atoms with Crippen molar-refractivity contribution in [1.29, 1.82) is 0 Å². The van der Waals surface area contributed by atoms with Crippen LogP contribution in [0.25, 0.3) is 0 Å². The number of hydrogen-bond acceptors (Lipinski definition) is 4. The van der Waals surface area contributed by atoms with Gasteiger partial charge in [-0.05, 0) is 42.5 Å². The van der Waals surface area contributed by atoms with Crippen LogP contribution in [0.5, 0.6) is 0 Å². The zero-order chi connectivity index (χ0) is 17.9. The molecule has 4 nitrogen and oxygen atoms in total. The van der Waals surface area contributed by atoms with E-state index in [9.17, 15) is 13.2 Å². The minimum Gasteiger partial charge on any atom is -0.340 e. The van der Waals surface area contributed by atoms with Crippen molar-refractivity contribution >= 4 is 34.7 Å². The zero-order valence-electron chi connectivity index (χ0n) is 12.7. The Labute approximate surface area is 146 Å². The summed E-state index contributed by atoms with van der Waals surface area (Å²) in [6, 6.07) is 13.7. The first-order valence-electron chi connectivity index (χ1n) is 7.21. The van der Waals surface area contributed by atoms with Crippen molar-refractivity contribution in [3.8, 4) is 0 Å². The first-order valence-corrected chi connectivity index (χ1v) is 7.58. The molecule has 0 saturated heterocycles. The molecule has 3 rings (SSSR count). The molecule has 0 amide bonds. The zero-order valence-corrected chi connectivity index (χ0v) is 13.4. The molecular formula is C17H12ClF3N4. The lowest BCUT2D eigenvalue weighted by molar-refractivity contribution is -0.136. The quantitative estimate of drug-likeness (QED) is 0.629. The van der Waals surface area contributed by atoms with Gasteiger partial charge in [-0.25, -0.2) is 4.98 Å². The molecule has 0 bridgehead atoms. The van der Waals surface area contributed by atoms with Crippen LogP contribution >= 0.6 is 11.6 Å². The molecule has 2 aromatic carbocycles. The summed E-state index contributed by atoms with van der Waals surface area (Å²) in [4.78, 5) is 8.14. The molecule has 25 heavy (non-hydrogen) atoms. The van der Waals surface area contributed by atoms with Crippen molar-refractivity contribution in [2.24, 2.45) is 0 Å². The Morgan fingerprint density at radius 1 is 0.880 bits per heavy atom. The van der Waals surface area contributed by atoms with E-state index in [4.69, 9.17) is 11.6 Å². The molecule has 0 aliphatic carbocycles. The first kappa shape index (κ1) is 17.0. The Bertz CT molecular complexity index is 866. The summed E-state index contributed by atoms with van der Waals surface area (Å²) in [5.41, 5.74) is -0.155. The smallest absolute Gasteiger partial charge is 0.340 e. The monoisotopic (exact) mass is 364 g/mol. The van der Waals surface area contributed by atoms with Crippen LogP contribution in [0, 0.1) is 0 Å². The van der Waals surface area contributed by atoms with E-state index in [0.717, 1.165) is 11.8 Å². The van der Waals surface area contributed by atoms with Gasteiger partial charge in [-0.2, -0.15) is 18.2 Å². The number of aromatic nitrogens is 2. The van der Waals surface area contributed by atoms with E-state index >= 15 is 0 Å². The summed E-state index contributed by atoms with van der Waals surface area (Å²) in [7, 11) is 0. The van der Waals surface area contributed by atoms with Crippen LogP contribution in [0.15, 0.2) is 60.8 Å². The van der Waals surface area contributed by atoms with Crippen LogP contribution in [0.4, 0.5) is 36.3 Å². The number of rotatable bonds is 4. The summed E-state index contributed by atoms with van der Waals surface area (Å²) < 4.78 is 39.1. The van der Waals surface area contributed by atoms with Crippen LogP contribution in [-0.4, -0.2) is 9.97 Å². The van der Waals surface area contributed by atoms with Gasteiger partial charge >= 0.3 is 6.18 Å². The van der Waals surface area contributed by atoms with Crippen molar-refractivity contribution in [2.75, 3.05) is 10.6 Å². The van der Waals surface area contributed by atoms with Gasteiger partial charge in [0.05, 0.1) is 11.3 Å². The summed E-state index contributed by atoms with van der Waals surface area (Å²) in [6.07, 6.45) is -3.02. The van der Waals surface area contributed by atoms with Crippen LogP contribution in [0.3, 0.4) is 0 Å². The van der Waals surface area contributed by atoms with Crippen molar-refractivity contribution in [3.63, 3.8) is 0 Å². The highest BCUT2D eigenvalue weighted by Gasteiger charge is 2.33. The van der Waals surface area contributed by atoms with Crippen LogP contribution in [0.2, 0.25) is 5.02 Å². The maximum absolute atomic E-state index is 13.0. The molecule has 0 fully saturated rings. The number of nitrogens with one attached hydrogen (secondary N) is 2. The lowest BCUT2D eigenvalue weighted by Crippen LogP contribution is -2.09.